The van der Waals surface area contributed by atoms with Crippen molar-refractivity contribution in [3.05, 3.63) is 34.4 Å². The zero-order valence-corrected chi connectivity index (χ0v) is 11.7. The minimum Gasteiger partial charge on any atom is -0.457 e. The van der Waals surface area contributed by atoms with Crippen molar-refractivity contribution in [2.75, 3.05) is 32.7 Å². The number of benzene rings is 1. The molecule has 0 aromatic heterocycles. The molecule has 1 aromatic carbocycles. The molecule has 0 spiro atoms. The highest BCUT2D eigenvalue weighted by Gasteiger charge is 2.26. The highest BCUT2D eigenvalue weighted by molar-refractivity contribution is 5.93. The molecule has 2 aliphatic rings. The predicted molar refractivity (Wildman–Crippen MR) is 74.6 cm³/mol. The van der Waals surface area contributed by atoms with Crippen LogP contribution < -0.4 is 5.32 Å². The first-order valence-electron chi connectivity index (χ1n) is 7.07. The van der Waals surface area contributed by atoms with Crippen LogP contribution in [0.25, 0.3) is 0 Å². The normalized spacial score (nSPS) is 20.6. The Morgan fingerprint density at radius 1 is 1.40 bits per heavy atom. The number of nitrogens with one attached hydrogen (secondary N) is 1. The number of cyclic esters (lactones) is 1. The molecule has 2 heterocycles. The molecule has 1 aromatic rings. The van der Waals surface area contributed by atoms with E-state index in [0.717, 1.165) is 42.9 Å². The van der Waals surface area contributed by atoms with Crippen molar-refractivity contribution in [1.82, 2.24) is 10.2 Å². The van der Waals surface area contributed by atoms with Crippen molar-refractivity contribution in [1.29, 1.82) is 0 Å². The van der Waals surface area contributed by atoms with E-state index in [1.807, 2.05) is 13.0 Å². The van der Waals surface area contributed by atoms with Gasteiger partial charge in [0.2, 0.25) is 0 Å². The number of carbonyl (C=O) groups is 1. The van der Waals surface area contributed by atoms with Crippen LogP contribution in [0.1, 0.15) is 33.2 Å². The number of carbonyl (C=O) groups excluding carboxylic acids is 1. The average molecular weight is 276 g/mol. The van der Waals surface area contributed by atoms with Gasteiger partial charge in [-0.1, -0.05) is 6.07 Å². The van der Waals surface area contributed by atoms with E-state index >= 15 is 0 Å². The third kappa shape index (κ3) is 2.44. The lowest BCUT2D eigenvalue weighted by molar-refractivity contribution is 0.0535. The summed E-state index contributed by atoms with van der Waals surface area (Å²) in [6, 6.07) is 3.63. The number of esters is 1. The van der Waals surface area contributed by atoms with Gasteiger partial charge in [-0.15, -0.1) is 0 Å². The Morgan fingerprint density at radius 2 is 2.15 bits per heavy atom. The summed E-state index contributed by atoms with van der Waals surface area (Å²) < 4.78 is 5.05. The van der Waals surface area contributed by atoms with Crippen LogP contribution in [0, 0.1) is 6.92 Å². The lowest BCUT2D eigenvalue weighted by atomic mass is 9.95. The van der Waals surface area contributed by atoms with Gasteiger partial charge in [0.1, 0.15) is 6.61 Å². The first kappa shape index (κ1) is 13.5. The van der Waals surface area contributed by atoms with Crippen molar-refractivity contribution in [2.45, 2.75) is 19.6 Å². The predicted octanol–water partition coefficient (Wildman–Crippen LogP) is 0.604. The van der Waals surface area contributed by atoms with Crippen molar-refractivity contribution in [3.8, 4) is 0 Å². The van der Waals surface area contributed by atoms with Crippen molar-refractivity contribution in [3.63, 3.8) is 0 Å². The number of aliphatic hydroxyl groups is 1. The van der Waals surface area contributed by atoms with Crippen molar-refractivity contribution < 1.29 is 14.6 Å². The Labute approximate surface area is 118 Å². The molecule has 3 rings (SSSR count). The van der Waals surface area contributed by atoms with E-state index in [-0.39, 0.29) is 5.97 Å². The second-order valence-corrected chi connectivity index (χ2v) is 5.45. The first-order valence-corrected chi connectivity index (χ1v) is 7.07. The molecule has 0 saturated carbocycles. The molecule has 0 radical (unpaired) electrons. The van der Waals surface area contributed by atoms with E-state index in [0.29, 0.717) is 18.7 Å². The van der Waals surface area contributed by atoms with Crippen LogP contribution in [0.5, 0.6) is 0 Å². The van der Waals surface area contributed by atoms with Crippen LogP contribution >= 0.6 is 0 Å². The third-order valence-electron chi connectivity index (χ3n) is 4.21. The minimum atomic E-state index is -0.519. The molecule has 5 heteroatoms. The summed E-state index contributed by atoms with van der Waals surface area (Å²) >= 11 is 0. The quantitative estimate of drug-likeness (QED) is 0.792. The Balaban J connectivity index is 1.78. The average Bonchev–Trinajstić information content (AvgIpc) is 2.83. The van der Waals surface area contributed by atoms with E-state index in [4.69, 9.17) is 4.74 Å². The number of rotatable bonds is 3. The molecule has 1 saturated heterocycles. The number of hydrogen-bond acceptors (Lipinski definition) is 5. The molecule has 0 aliphatic carbocycles. The summed E-state index contributed by atoms with van der Waals surface area (Å²) in [7, 11) is 0. The molecule has 2 N–H and O–H groups in total. The number of nitrogens with zero attached hydrogens (tertiary/aromatic N) is 1. The van der Waals surface area contributed by atoms with E-state index in [1.165, 1.54) is 0 Å². The van der Waals surface area contributed by atoms with Crippen LogP contribution in [0.15, 0.2) is 12.1 Å². The molecule has 2 aliphatic heterocycles. The summed E-state index contributed by atoms with van der Waals surface area (Å²) in [6.45, 7) is 6.78. The van der Waals surface area contributed by atoms with Gasteiger partial charge in [0.25, 0.3) is 0 Å². The Bertz CT molecular complexity index is 524. The molecule has 0 bridgehead atoms. The molecule has 1 atom stereocenters. The standard InChI is InChI=1S/C15H20N2O3/c1-10-11(2-3-12-13(10)9-20-15(12)19)14(18)8-17-6-4-16-5-7-17/h2-3,14,16,18H,4-9H2,1H3. The van der Waals surface area contributed by atoms with E-state index in [9.17, 15) is 9.90 Å². The maximum absolute atomic E-state index is 11.5. The lowest BCUT2D eigenvalue weighted by Gasteiger charge is -2.29. The molecule has 108 valence electrons. The Morgan fingerprint density at radius 3 is 2.90 bits per heavy atom. The smallest absolute Gasteiger partial charge is 0.338 e. The summed E-state index contributed by atoms with van der Waals surface area (Å²) in [5.41, 5.74) is 3.45. The number of fused-ring (bicyclic) bond motifs is 1. The number of β-amino-alcohol motifs (C(OH)–C–C–N with tert-alkyl or cyclic N) is 1. The van der Waals surface area contributed by atoms with Crippen molar-refractivity contribution >= 4 is 5.97 Å². The fraction of sp³-hybridized carbons (Fsp3) is 0.533. The van der Waals surface area contributed by atoms with Gasteiger partial charge in [-0.25, -0.2) is 4.79 Å². The second-order valence-electron chi connectivity index (χ2n) is 5.45. The molecule has 5 nitrogen and oxygen atoms in total. The molecule has 1 fully saturated rings. The Hall–Kier alpha value is -1.43. The number of ether oxygens (including phenoxy) is 1. The highest BCUT2D eigenvalue weighted by Crippen LogP contribution is 2.29. The van der Waals surface area contributed by atoms with E-state index in [2.05, 4.69) is 10.2 Å². The number of piperazine rings is 1. The van der Waals surface area contributed by atoms with Gasteiger partial charge in [-0.05, 0) is 24.1 Å². The van der Waals surface area contributed by atoms with E-state index in [1.54, 1.807) is 6.07 Å². The topological polar surface area (TPSA) is 61.8 Å². The van der Waals surface area contributed by atoms with Gasteiger partial charge in [-0.3, -0.25) is 4.90 Å². The third-order valence-corrected chi connectivity index (χ3v) is 4.21. The molecule has 0 amide bonds. The molecule has 1 unspecified atom stereocenters. The lowest BCUT2D eigenvalue weighted by Crippen LogP contribution is -2.45. The Kier molecular flexibility index (Phi) is 3.74. The van der Waals surface area contributed by atoms with Crippen LogP contribution in [0.2, 0.25) is 0 Å². The maximum Gasteiger partial charge on any atom is 0.338 e. The summed E-state index contributed by atoms with van der Waals surface area (Å²) in [6.07, 6.45) is -0.519. The van der Waals surface area contributed by atoms with Crippen LogP contribution in [-0.4, -0.2) is 48.7 Å². The van der Waals surface area contributed by atoms with E-state index < -0.39 is 6.10 Å². The SMILES string of the molecule is Cc1c(C(O)CN2CCNCC2)ccc2c1COC2=O. The fourth-order valence-electron chi connectivity index (χ4n) is 2.97. The van der Waals surface area contributed by atoms with Crippen LogP contribution in [0.3, 0.4) is 0 Å². The highest BCUT2D eigenvalue weighted by atomic mass is 16.5. The van der Waals surface area contributed by atoms with Gasteiger partial charge < -0.3 is 15.2 Å². The monoisotopic (exact) mass is 276 g/mol. The van der Waals surface area contributed by atoms with Gasteiger partial charge in [0.15, 0.2) is 0 Å². The molecular formula is C15H20N2O3. The maximum atomic E-state index is 11.5. The zero-order valence-electron chi connectivity index (χ0n) is 11.7. The van der Waals surface area contributed by atoms with Crippen LogP contribution in [0.4, 0.5) is 0 Å². The van der Waals surface area contributed by atoms with Gasteiger partial charge in [0.05, 0.1) is 11.7 Å². The zero-order chi connectivity index (χ0) is 14.1. The summed E-state index contributed by atoms with van der Waals surface area (Å²) in [4.78, 5) is 13.8. The first-order chi connectivity index (χ1) is 9.66. The van der Waals surface area contributed by atoms with Gasteiger partial charge in [-0.2, -0.15) is 0 Å². The minimum absolute atomic E-state index is 0.258. The van der Waals surface area contributed by atoms with Crippen LogP contribution in [-0.2, 0) is 11.3 Å². The molecule has 20 heavy (non-hydrogen) atoms. The van der Waals surface area contributed by atoms with Gasteiger partial charge >= 0.3 is 5.97 Å². The largest absolute Gasteiger partial charge is 0.457 e. The fourth-order valence-corrected chi connectivity index (χ4v) is 2.97. The number of hydrogen-bond donors (Lipinski definition) is 2. The summed E-state index contributed by atoms with van der Waals surface area (Å²) in [5.74, 6) is -0.258. The van der Waals surface area contributed by atoms with Crippen molar-refractivity contribution in [2.24, 2.45) is 0 Å². The molecular weight excluding hydrogens is 256 g/mol. The summed E-state index contributed by atoms with van der Waals surface area (Å²) in [5, 5.41) is 13.8. The van der Waals surface area contributed by atoms with Gasteiger partial charge in [0, 0.05) is 38.3 Å². The number of aliphatic hydroxyl groups excluding tert-OH is 1. The second kappa shape index (κ2) is 5.52.